The number of hydrogen-bond acceptors (Lipinski definition) is 3. The van der Waals surface area contributed by atoms with E-state index in [-0.39, 0.29) is 25.5 Å². The molecule has 35 heavy (non-hydrogen) atoms. The summed E-state index contributed by atoms with van der Waals surface area (Å²) in [5.74, 6) is -6.59. The number of fused-ring (bicyclic) bond motifs is 1. The van der Waals surface area contributed by atoms with Gasteiger partial charge >= 0.3 is 18.3 Å². The number of benzene rings is 1. The number of halogens is 9. The van der Waals surface area contributed by atoms with Crippen LogP contribution in [0.3, 0.4) is 0 Å². The van der Waals surface area contributed by atoms with Crippen LogP contribution in [-0.4, -0.2) is 34.7 Å². The first-order valence-electron chi connectivity index (χ1n) is 10.9. The smallest absolute Gasteiger partial charge is 0.330 e. The zero-order chi connectivity index (χ0) is 26.3. The van der Waals surface area contributed by atoms with Crippen molar-refractivity contribution in [3.63, 3.8) is 0 Å². The highest BCUT2D eigenvalue weighted by Crippen LogP contribution is 2.44. The Bertz CT molecular complexity index is 1040. The molecule has 3 rings (SSSR count). The fraction of sp³-hybridized carbons (Fsp3) is 0.591. The lowest BCUT2D eigenvalue weighted by Crippen LogP contribution is -2.39. The van der Waals surface area contributed by atoms with Gasteiger partial charge in [0.25, 0.3) is 0 Å². The molecular formula is C22H25ClF8N4. The molecule has 0 saturated carbocycles. The predicted molar refractivity (Wildman–Crippen MR) is 116 cm³/mol. The van der Waals surface area contributed by atoms with Crippen molar-refractivity contribution in [1.29, 1.82) is 0 Å². The molecule has 0 aliphatic carbocycles. The second kappa shape index (κ2) is 9.76. The minimum atomic E-state index is -5.82. The van der Waals surface area contributed by atoms with Gasteiger partial charge in [0, 0.05) is 19.5 Å². The standard InChI is InChI=1S/C22H25ClF8N4/c1-12-8-13(2)17(15(23)9-12)35-7-3-6-34-16(18(21(26,27)28)33-19(34)35)10-14(4-5-32)11-20(24,25)22(29,30)31/h8-9,14H,3-7,10-11,32H2,1-2H3. The van der Waals surface area contributed by atoms with Crippen molar-refractivity contribution in [3.8, 4) is 0 Å². The number of hydrogen-bond donors (Lipinski definition) is 1. The Morgan fingerprint density at radius 3 is 2.26 bits per heavy atom. The number of aromatic nitrogens is 2. The van der Waals surface area contributed by atoms with Gasteiger partial charge in [0.15, 0.2) is 5.69 Å². The van der Waals surface area contributed by atoms with E-state index in [2.05, 4.69) is 4.98 Å². The zero-order valence-corrected chi connectivity index (χ0v) is 19.8. The van der Waals surface area contributed by atoms with Gasteiger partial charge < -0.3 is 15.2 Å². The second-order valence-corrected chi connectivity index (χ2v) is 9.23. The third kappa shape index (κ3) is 5.68. The quantitative estimate of drug-likeness (QED) is 0.399. The Hall–Kier alpha value is -2.08. The van der Waals surface area contributed by atoms with Gasteiger partial charge in [-0.1, -0.05) is 17.7 Å². The molecule has 2 heterocycles. The van der Waals surface area contributed by atoms with Gasteiger partial charge in [-0.3, -0.25) is 0 Å². The first-order valence-corrected chi connectivity index (χ1v) is 11.3. The molecule has 0 fully saturated rings. The van der Waals surface area contributed by atoms with Gasteiger partial charge in [-0.25, -0.2) is 4.98 Å². The molecule has 13 heteroatoms. The highest BCUT2D eigenvalue weighted by Gasteiger charge is 2.58. The Morgan fingerprint density at radius 1 is 1.06 bits per heavy atom. The van der Waals surface area contributed by atoms with E-state index in [0.717, 1.165) is 5.56 Å². The topological polar surface area (TPSA) is 47.1 Å². The molecule has 1 atom stereocenters. The lowest BCUT2D eigenvalue weighted by atomic mass is 9.91. The molecule has 0 saturated heterocycles. The molecule has 0 spiro atoms. The maximum atomic E-state index is 14.0. The SMILES string of the molecule is Cc1cc(C)c(N2CCCn3c2nc(C(F)(F)F)c3CC(CCN)CC(F)(F)C(F)(F)F)c(Cl)c1. The van der Waals surface area contributed by atoms with E-state index in [0.29, 0.717) is 29.2 Å². The zero-order valence-electron chi connectivity index (χ0n) is 19.0. The molecule has 1 aromatic heterocycles. The molecule has 0 radical (unpaired) electrons. The Kier molecular flexibility index (Phi) is 7.67. The maximum absolute atomic E-state index is 14.0. The summed E-state index contributed by atoms with van der Waals surface area (Å²) in [6.45, 7) is 3.70. The third-order valence-corrected chi connectivity index (χ3v) is 6.30. The van der Waals surface area contributed by atoms with Gasteiger partial charge in [0.05, 0.1) is 16.4 Å². The number of nitrogens with two attached hydrogens (primary N) is 1. The third-order valence-electron chi connectivity index (χ3n) is 6.01. The normalized spacial score (nSPS) is 15.9. The van der Waals surface area contributed by atoms with E-state index in [4.69, 9.17) is 17.3 Å². The van der Waals surface area contributed by atoms with E-state index in [1.165, 1.54) is 9.47 Å². The molecule has 196 valence electrons. The van der Waals surface area contributed by atoms with Gasteiger partial charge in [-0.2, -0.15) is 35.1 Å². The van der Waals surface area contributed by atoms with Crippen LogP contribution in [-0.2, 0) is 19.1 Å². The fourth-order valence-electron chi connectivity index (χ4n) is 4.56. The summed E-state index contributed by atoms with van der Waals surface area (Å²) in [5.41, 5.74) is 5.67. The van der Waals surface area contributed by atoms with Crippen LogP contribution in [0.4, 0.5) is 46.8 Å². The number of alkyl halides is 8. The van der Waals surface area contributed by atoms with Gasteiger partial charge in [-0.05, 0) is 62.8 Å². The van der Waals surface area contributed by atoms with E-state index >= 15 is 0 Å². The van der Waals surface area contributed by atoms with Crippen LogP contribution in [0.1, 0.15) is 41.8 Å². The Morgan fingerprint density at radius 2 is 1.71 bits per heavy atom. The highest BCUT2D eigenvalue weighted by atomic mass is 35.5. The second-order valence-electron chi connectivity index (χ2n) is 8.83. The van der Waals surface area contributed by atoms with Crippen LogP contribution in [0, 0.1) is 19.8 Å². The lowest BCUT2D eigenvalue weighted by Gasteiger charge is -2.32. The summed E-state index contributed by atoms with van der Waals surface area (Å²) in [7, 11) is 0. The van der Waals surface area contributed by atoms with E-state index in [9.17, 15) is 35.1 Å². The van der Waals surface area contributed by atoms with Crippen molar-refractivity contribution in [2.75, 3.05) is 18.0 Å². The number of rotatable bonds is 7. The molecule has 1 aliphatic heterocycles. The molecular weight excluding hydrogens is 508 g/mol. The van der Waals surface area contributed by atoms with Gasteiger partial charge in [-0.15, -0.1) is 0 Å². The number of aryl methyl sites for hydroxylation is 2. The molecule has 1 aromatic carbocycles. The van der Waals surface area contributed by atoms with Crippen molar-refractivity contribution < 1.29 is 35.1 Å². The molecule has 4 nitrogen and oxygen atoms in total. The fourth-order valence-corrected chi connectivity index (χ4v) is 4.98. The van der Waals surface area contributed by atoms with Crippen LogP contribution in [0.5, 0.6) is 0 Å². The minimum Gasteiger partial charge on any atom is -0.330 e. The van der Waals surface area contributed by atoms with Crippen molar-refractivity contribution in [1.82, 2.24) is 9.55 Å². The van der Waals surface area contributed by atoms with Gasteiger partial charge in [0.1, 0.15) is 0 Å². The average molecular weight is 533 g/mol. The summed E-state index contributed by atoms with van der Waals surface area (Å²) in [6, 6.07) is 3.47. The van der Waals surface area contributed by atoms with E-state index < -0.39 is 48.4 Å². The molecule has 1 unspecified atom stereocenters. The molecule has 2 aromatic rings. The summed E-state index contributed by atoms with van der Waals surface area (Å²) >= 11 is 6.41. The van der Waals surface area contributed by atoms with Gasteiger partial charge in [0.2, 0.25) is 5.95 Å². The average Bonchev–Trinajstić information content (AvgIpc) is 3.06. The van der Waals surface area contributed by atoms with Crippen molar-refractivity contribution in [2.24, 2.45) is 11.7 Å². The van der Waals surface area contributed by atoms with Crippen molar-refractivity contribution in [3.05, 3.63) is 39.7 Å². The monoisotopic (exact) mass is 532 g/mol. The summed E-state index contributed by atoms with van der Waals surface area (Å²) < 4.78 is 109. The number of imidazole rings is 1. The van der Waals surface area contributed by atoms with Crippen molar-refractivity contribution in [2.45, 2.75) is 64.4 Å². The Labute approximate surface area is 202 Å². The van der Waals surface area contributed by atoms with Crippen LogP contribution < -0.4 is 10.6 Å². The van der Waals surface area contributed by atoms with Crippen LogP contribution in [0.25, 0.3) is 0 Å². The van der Waals surface area contributed by atoms with E-state index in [1.54, 1.807) is 13.0 Å². The maximum Gasteiger partial charge on any atom is 0.453 e. The predicted octanol–water partition coefficient (Wildman–Crippen LogP) is 6.81. The van der Waals surface area contributed by atoms with Crippen LogP contribution in [0.15, 0.2) is 12.1 Å². The molecule has 1 aliphatic rings. The molecule has 0 amide bonds. The lowest BCUT2D eigenvalue weighted by molar-refractivity contribution is -0.288. The summed E-state index contributed by atoms with van der Waals surface area (Å²) in [5, 5.41) is 0.305. The Balaban J connectivity index is 2.10. The minimum absolute atomic E-state index is 0.0819. The number of anilines is 2. The highest BCUT2D eigenvalue weighted by molar-refractivity contribution is 6.33. The molecule has 2 N–H and O–H groups in total. The van der Waals surface area contributed by atoms with Crippen molar-refractivity contribution >= 4 is 23.2 Å². The van der Waals surface area contributed by atoms with E-state index in [1.807, 2.05) is 13.0 Å². The summed E-state index contributed by atoms with van der Waals surface area (Å²) in [4.78, 5) is 5.34. The molecule has 0 bridgehead atoms. The van der Waals surface area contributed by atoms with Crippen LogP contribution >= 0.6 is 11.6 Å². The largest absolute Gasteiger partial charge is 0.453 e. The first-order chi connectivity index (χ1) is 16.1. The number of nitrogens with zero attached hydrogens (tertiary/aromatic N) is 3. The summed E-state index contributed by atoms with van der Waals surface area (Å²) in [6.07, 6.45) is -13.0. The first kappa shape index (κ1) is 27.5. The van der Waals surface area contributed by atoms with Crippen LogP contribution in [0.2, 0.25) is 5.02 Å².